The normalized spacial score (nSPS) is 13.6. The van der Waals surface area contributed by atoms with E-state index < -0.39 is 11.5 Å². The predicted octanol–water partition coefficient (Wildman–Crippen LogP) is 2.68. The number of rotatable bonds is 6. The van der Waals surface area contributed by atoms with Gasteiger partial charge < -0.3 is 15.0 Å². The molecular weight excluding hydrogens is 382 g/mol. The summed E-state index contributed by atoms with van der Waals surface area (Å²) in [6, 6.07) is 16.9. The van der Waals surface area contributed by atoms with E-state index in [4.69, 9.17) is 4.74 Å². The van der Waals surface area contributed by atoms with Crippen LogP contribution >= 0.6 is 0 Å². The molecule has 0 bridgehead atoms. The lowest BCUT2D eigenvalue weighted by Gasteiger charge is -2.17. The first-order valence-electron chi connectivity index (χ1n) is 9.92. The number of carbonyl (C=O) groups excluding carboxylic acids is 1. The highest BCUT2D eigenvalue weighted by molar-refractivity contribution is 5.92. The first kappa shape index (κ1) is 19.6. The van der Waals surface area contributed by atoms with Crippen LogP contribution in [0.3, 0.4) is 0 Å². The van der Waals surface area contributed by atoms with E-state index in [1.165, 1.54) is 4.57 Å². The molecule has 1 aliphatic heterocycles. The van der Waals surface area contributed by atoms with Gasteiger partial charge in [0.2, 0.25) is 11.6 Å². The van der Waals surface area contributed by atoms with Crippen LogP contribution in [0.1, 0.15) is 35.9 Å². The largest absolute Gasteiger partial charge is 0.494 e. The van der Waals surface area contributed by atoms with Crippen molar-refractivity contribution < 1.29 is 9.53 Å². The molecule has 2 heterocycles. The Bertz CT molecular complexity index is 1100. The molecule has 0 fully saturated rings. The summed E-state index contributed by atoms with van der Waals surface area (Å²) >= 11 is 0. The lowest BCUT2D eigenvalue weighted by atomic mass is 10.1. The highest BCUT2D eigenvalue weighted by Gasteiger charge is 2.27. The molecule has 1 aliphatic rings. The van der Waals surface area contributed by atoms with E-state index in [0.29, 0.717) is 25.6 Å². The van der Waals surface area contributed by atoms with Crippen LogP contribution in [0, 0.1) is 0 Å². The molecule has 0 aliphatic carbocycles. The van der Waals surface area contributed by atoms with Gasteiger partial charge >= 0.3 is 0 Å². The minimum Gasteiger partial charge on any atom is -0.494 e. The molecule has 8 nitrogen and oxygen atoms in total. The first-order chi connectivity index (χ1) is 14.6. The number of aromatic nitrogens is 3. The maximum absolute atomic E-state index is 12.9. The standard InChI is InChI=1S/C22H23N5O3/c1-3-30-18-11-9-17(10-12-18)26-13-14-27-21(29)19(24-25-22(26)27)20(28)23-15(2)16-7-5-4-6-8-16/h4-12,15H,3,13-14H2,1-2H3,(H,23,28)/t15-/m1/s1. The van der Waals surface area contributed by atoms with E-state index >= 15 is 0 Å². The predicted molar refractivity (Wildman–Crippen MR) is 113 cm³/mol. The van der Waals surface area contributed by atoms with Gasteiger partial charge in [0.25, 0.3) is 11.5 Å². The van der Waals surface area contributed by atoms with Crippen LogP contribution < -0.4 is 20.5 Å². The summed E-state index contributed by atoms with van der Waals surface area (Å²) in [5.74, 6) is 0.680. The topological polar surface area (TPSA) is 89.3 Å². The molecule has 3 aromatic rings. The van der Waals surface area contributed by atoms with E-state index in [9.17, 15) is 9.59 Å². The van der Waals surface area contributed by atoms with Gasteiger partial charge in [-0.2, -0.15) is 0 Å². The number of hydrogen-bond donors (Lipinski definition) is 1. The molecule has 4 rings (SSSR count). The molecule has 0 unspecified atom stereocenters. The van der Waals surface area contributed by atoms with Crippen molar-refractivity contribution in [3.05, 3.63) is 76.2 Å². The minimum absolute atomic E-state index is 0.199. The van der Waals surface area contributed by atoms with E-state index in [0.717, 1.165) is 17.0 Å². The second kappa shape index (κ2) is 8.36. The lowest BCUT2D eigenvalue weighted by Crippen LogP contribution is -2.36. The summed E-state index contributed by atoms with van der Waals surface area (Å²) in [7, 11) is 0. The molecule has 1 aromatic heterocycles. The third-order valence-corrected chi connectivity index (χ3v) is 5.04. The number of ether oxygens (including phenoxy) is 1. The highest BCUT2D eigenvalue weighted by Crippen LogP contribution is 2.28. The zero-order valence-electron chi connectivity index (χ0n) is 16.9. The number of amides is 1. The van der Waals surface area contributed by atoms with Gasteiger partial charge in [-0.25, -0.2) is 0 Å². The van der Waals surface area contributed by atoms with E-state index in [1.807, 2.05) is 73.3 Å². The molecule has 1 atom stereocenters. The summed E-state index contributed by atoms with van der Waals surface area (Å²) in [6.07, 6.45) is 0. The van der Waals surface area contributed by atoms with Crippen LogP contribution in [0.2, 0.25) is 0 Å². The van der Waals surface area contributed by atoms with Crippen molar-refractivity contribution in [2.75, 3.05) is 18.1 Å². The Kier molecular flexibility index (Phi) is 5.47. The zero-order chi connectivity index (χ0) is 21.1. The minimum atomic E-state index is -0.529. The molecular formula is C22H23N5O3. The summed E-state index contributed by atoms with van der Waals surface area (Å²) in [5.41, 5.74) is 1.19. The van der Waals surface area contributed by atoms with Gasteiger partial charge in [-0.3, -0.25) is 14.2 Å². The van der Waals surface area contributed by atoms with E-state index in [1.54, 1.807) is 0 Å². The monoisotopic (exact) mass is 405 g/mol. The van der Waals surface area contributed by atoms with Crippen LogP contribution in [-0.4, -0.2) is 33.8 Å². The molecule has 1 N–H and O–H groups in total. The lowest BCUT2D eigenvalue weighted by molar-refractivity contribution is 0.0931. The molecule has 0 radical (unpaired) electrons. The molecule has 8 heteroatoms. The number of fused-ring (bicyclic) bond motifs is 1. The molecule has 1 amide bonds. The van der Waals surface area contributed by atoms with Crippen LogP contribution in [-0.2, 0) is 6.54 Å². The van der Waals surface area contributed by atoms with Crippen molar-refractivity contribution in [3.8, 4) is 5.75 Å². The van der Waals surface area contributed by atoms with Crippen molar-refractivity contribution in [2.45, 2.75) is 26.4 Å². The Morgan fingerprint density at radius 2 is 1.83 bits per heavy atom. The van der Waals surface area contributed by atoms with Gasteiger partial charge in [0.15, 0.2) is 0 Å². The Balaban J connectivity index is 1.55. The number of carbonyl (C=O) groups is 1. The number of nitrogens with zero attached hydrogens (tertiary/aromatic N) is 4. The average Bonchev–Trinajstić information content (AvgIpc) is 3.20. The SMILES string of the molecule is CCOc1ccc(N2CCn3c2nnc(C(=O)N[C@H](C)c2ccccc2)c3=O)cc1. The van der Waals surface area contributed by atoms with E-state index in [-0.39, 0.29) is 11.7 Å². The summed E-state index contributed by atoms with van der Waals surface area (Å²) in [6.45, 7) is 5.40. The molecule has 0 saturated heterocycles. The number of hydrogen-bond acceptors (Lipinski definition) is 6. The maximum atomic E-state index is 12.9. The van der Waals surface area contributed by atoms with Gasteiger partial charge in [0, 0.05) is 18.8 Å². The zero-order valence-corrected chi connectivity index (χ0v) is 16.9. The summed E-state index contributed by atoms with van der Waals surface area (Å²) in [5, 5.41) is 11.0. The highest BCUT2D eigenvalue weighted by atomic mass is 16.5. The van der Waals surface area contributed by atoms with Crippen molar-refractivity contribution in [3.63, 3.8) is 0 Å². The molecule has 2 aromatic carbocycles. The molecule has 0 saturated carbocycles. The maximum Gasteiger partial charge on any atom is 0.286 e. The Labute approximate surface area is 174 Å². The molecule has 30 heavy (non-hydrogen) atoms. The fourth-order valence-corrected chi connectivity index (χ4v) is 3.48. The first-order valence-corrected chi connectivity index (χ1v) is 9.92. The fraction of sp³-hybridized carbons (Fsp3) is 0.273. The van der Waals surface area contributed by atoms with Crippen LogP contribution in [0.5, 0.6) is 5.75 Å². The molecule has 154 valence electrons. The smallest absolute Gasteiger partial charge is 0.286 e. The Morgan fingerprint density at radius 3 is 2.53 bits per heavy atom. The van der Waals surface area contributed by atoms with Gasteiger partial charge in [-0.15, -0.1) is 10.2 Å². The van der Waals surface area contributed by atoms with Crippen molar-refractivity contribution in [1.82, 2.24) is 20.1 Å². The average molecular weight is 405 g/mol. The third-order valence-electron chi connectivity index (χ3n) is 5.04. The second-order valence-corrected chi connectivity index (χ2v) is 6.99. The van der Waals surface area contributed by atoms with Crippen molar-refractivity contribution >= 4 is 17.5 Å². The number of benzene rings is 2. The Hall–Kier alpha value is -3.68. The van der Waals surface area contributed by atoms with Crippen LogP contribution in [0.4, 0.5) is 11.6 Å². The van der Waals surface area contributed by atoms with Crippen LogP contribution in [0.25, 0.3) is 0 Å². The third kappa shape index (κ3) is 3.76. The number of anilines is 2. The van der Waals surface area contributed by atoms with Gasteiger partial charge in [0.1, 0.15) is 5.75 Å². The van der Waals surface area contributed by atoms with Crippen molar-refractivity contribution in [2.24, 2.45) is 0 Å². The van der Waals surface area contributed by atoms with Crippen LogP contribution in [0.15, 0.2) is 59.4 Å². The summed E-state index contributed by atoms with van der Waals surface area (Å²) in [4.78, 5) is 27.4. The second-order valence-electron chi connectivity index (χ2n) is 6.99. The van der Waals surface area contributed by atoms with Gasteiger partial charge in [-0.1, -0.05) is 30.3 Å². The molecule has 0 spiro atoms. The quantitative estimate of drug-likeness (QED) is 0.678. The van der Waals surface area contributed by atoms with E-state index in [2.05, 4.69) is 15.5 Å². The van der Waals surface area contributed by atoms with Gasteiger partial charge in [0.05, 0.1) is 12.6 Å². The fourth-order valence-electron chi connectivity index (χ4n) is 3.48. The Morgan fingerprint density at radius 1 is 1.10 bits per heavy atom. The summed E-state index contributed by atoms with van der Waals surface area (Å²) < 4.78 is 6.96. The number of nitrogens with one attached hydrogen (secondary N) is 1. The van der Waals surface area contributed by atoms with Crippen molar-refractivity contribution in [1.29, 1.82) is 0 Å². The van der Waals surface area contributed by atoms with Gasteiger partial charge in [-0.05, 0) is 43.7 Å².